The molecule has 1 fully saturated rings. The van der Waals surface area contributed by atoms with E-state index in [9.17, 15) is 4.79 Å². The molecule has 1 saturated heterocycles. The maximum absolute atomic E-state index is 11.8. The summed E-state index contributed by atoms with van der Waals surface area (Å²) < 4.78 is 0. The van der Waals surface area contributed by atoms with Crippen LogP contribution in [0.5, 0.6) is 0 Å². The molecule has 2 rings (SSSR count). The van der Waals surface area contributed by atoms with Crippen molar-refractivity contribution in [1.29, 1.82) is 0 Å². The highest BCUT2D eigenvalue weighted by atomic mass is 16.1. The van der Waals surface area contributed by atoms with E-state index in [-0.39, 0.29) is 5.91 Å². The number of hydrogen-bond acceptors (Lipinski definition) is 4. The minimum absolute atomic E-state index is 0.136. The molecular formula is C12H21N5O. The van der Waals surface area contributed by atoms with E-state index >= 15 is 0 Å². The van der Waals surface area contributed by atoms with E-state index < -0.39 is 0 Å². The standard InChI is InChI=1S/C12H21N5O/c1-17-7-3-2-4-11(17)8-12(18)13-6-5-10-9-14-16-15-10/h9,11H,2-8H2,1H3,(H,13,18)(H,14,15,16)/t11-/m0/s1. The predicted octanol–water partition coefficient (Wildman–Crippen LogP) is 0.338. The average Bonchev–Trinajstić information content (AvgIpc) is 2.85. The van der Waals surface area contributed by atoms with Gasteiger partial charge in [-0.25, -0.2) is 0 Å². The predicted molar refractivity (Wildman–Crippen MR) is 68.0 cm³/mol. The number of piperidine rings is 1. The van der Waals surface area contributed by atoms with E-state index in [0.29, 0.717) is 19.0 Å². The van der Waals surface area contributed by atoms with Crippen molar-refractivity contribution in [2.24, 2.45) is 0 Å². The maximum atomic E-state index is 11.8. The highest BCUT2D eigenvalue weighted by molar-refractivity contribution is 5.76. The molecule has 6 heteroatoms. The summed E-state index contributed by atoms with van der Waals surface area (Å²) in [5.74, 6) is 0.136. The van der Waals surface area contributed by atoms with Crippen LogP contribution in [0, 0.1) is 0 Å². The van der Waals surface area contributed by atoms with Gasteiger partial charge >= 0.3 is 0 Å². The summed E-state index contributed by atoms with van der Waals surface area (Å²) in [4.78, 5) is 14.1. The third-order valence-corrected chi connectivity index (χ3v) is 3.51. The monoisotopic (exact) mass is 251 g/mol. The van der Waals surface area contributed by atoms with Crippen LogP contribution in [-0.2, 0) is 11.2 Å². The van der Waals surface area contributed by atoms with Crippen LogP contribution < -0.4 is 5.32 Å². The summed E-state index contributed by atoms with van der Waals surface area (Å²) >= 11 is 0. The van der Waals surface area contributed by atoms with Crippen molar-refractivity contribution in [2.75, 3.05) is 20.1 Å². The fourth-order valence-electron chi connectivity index (χ4n) is 2.36. The molecule has 1 atom stereocenters. The van der Waals surface area contributed by atoms with Gasteiger partial charge in [-0.2, -0.15) is 15.4 Å². The molecule has 0 spiro atoms. The summed E-state index contributed by atoms with van der Waals surface area (Å²) in [5, 5.41) is 13.2. The largest absolute Gasteiger partial charge is 0.356 e. The van der Waals surface area contributed by atoms with Crippen molar-refractivity contribution >= 4 is 5.91 Å². The van der Waals surface area contributed by atoms with Gasteiger partial charge in [-0.15, -0.1) is 0 Å². The number of nitrogens with one attached hydrogen (secondary N) is 2. The number of carbonyl (C=O) groups excluding carboxylic acids is 1. The van der Waals surface area contributed by atoms with Gasteiger partial charge in [0.25, 0.3) is 0 Å². The topological polar surface area (TPSA) is 73.9 Å². The third kappa shape index (κ3) is 3.80. The number of H-pyrrole nitrogens is 1. The van der Waals surface area contributed by atoms with Gasteiger partial charge in [-0.1, -0.05) is 6.42 Å². The van der Waals surface area contributed by atoms with Gasteiger partial charge in [0, 0.05) is 25.4 Å². The average molecular weight is 251 g/mol. The minimum Gasteiger partial charge on any atom is -0.356 e. The molecule has 0 radical (unpaired) electrons. The molecule has 0 aromatic carbocycles. The SMILES string of the molecule is CN1CCCC[C@H]1CC(=O)NCCc1cn[nH]n1. The van der Waals surface area contributed by atoms with Crippen LogP contribution in [0.2, 0.25) is 0 Å². The molecule has 1 aromatic rings. The van der Waals surface area contributed by atoms with Crippen molar-refractivity contribution in [1.82, 2.24) is 25.6 Å². The van der Waals surface area contributed by atoms with Crippen molar-refractivity contribution in [3.63, 3.8) is 0 Å². The lowest BCUT2D eigenvalue weighted by Crippen LogP contribution is -2.40. The van der Waals surface area contributed by atoms with Crippen LogP contribution in [0.25, 0.3) is 0 Å². The number of hydrogen-bond donors (Lipinski definition) is 2. The molecule has 0 unspecified atom stereocenters. The number of carbonyl (C=O) groups is 1. The van der Waals surface area contributed by atoms with E-state index in [1.54, 1.807) is 6.20 Å². The lowest BCUT2D eigenvalue weighted by Gasteiger charge is -2.31. The molecule has 0 saturated carbocycles. The Morgan fingerprint density at radius 2 is 2.50 bits per heavy atom. The summed E-state index contributed by atoms with van der Waals surface area (Å²) in [6.45, 7) is 1.73. The smallest absolute Gasteiger partial charge is 0.221 e. The molecule has 1 aliphatic heterocycles. The second-order valence-electron chi connectivity index (χ2n) is 4.90. The number of aromatic amines is 1. The first-order valence-electron chi connectivity index (χ1n) is 6.57. The Labute approximate surface area is 107 Å². The zero-order valence-corrected chi connectivity index (χ0v) is 10.9. The first-order valence-corrected chi connectivity index (χ1v) is 6.57. The fraction of sp³-hybridized carbons (Fsp3) is 0.750. The van der Waals surface area contributed by atoms with Gasteiger partial charge in [0.15, 0.2) is 0 Å². The first-order chi connectivity index (χ1) is 8.75. The maximum Gasteiger partial charge on any atom is 0.221 e. The highest BCUT2D eigenvalue weighted by Crippen LogP contribution is 2.17. The van der Waals surface area contributed by atoms with Crippen LogP contribution >= 0.6 is 0 Å². The second-order valence-corrected chi connectivity index (χ2v) is 4.90. The Morgan fingerprint density at radius 1 is 1.61 bits per heavy atom. The molecule has 1 aromatic heterocycles. The van der Waals surface area contributed by atoms with Gasteiger partial charge < -0.3 is 10.2 Å². The summed E-state index contributed by atoms with van der Waals surface area (Å²) in [7, 11) is 2.10. The molecule has 100 valence electrons. The van der Waals surface area contributed by atoms with Crippen molar-refractivity contribution in [3.05, 3.63) is 11.9 Å². The normalized spacial score (nSPS) is 20.8. The Kier molecular flexibility index (Phi) is 4.69. The number of aromatic nitrogens is 3. The van der Waals surface area contributed by atoms with E-state index in [2.05, 4.69) is 32.7 Å². The zero-order chi connectivity index (χ0) is 12.8. The fourth-order valence-corrected chi connectivity index (χ4v) is 2.36. The minimum atomic E-state index is 0.136. The van der Waals surface area contributed by atoms with Crippen LogP contribution in [0.4, 0.5) is 0 Å². The molecule has 1 amide bonds. The van der Waals surface area contributed by atoms with E-state index in [1.807, 2.05) is 0 Å². The third-order valence-electron chi connectivity index (χ3n) is 3.51. The molecule has 0 bridgehead atoms. The van der Waals surface area contributed by atoms with Gasteiger partial charge in [-0.3, -0.25) is 4.79 Å². The van der Waals surface area contributed by atoms with E-state index in [1.165, 1.54) is 12.8 Å². The molecule has 6 nitrogen and oxygen atoms in total. The van der Waals surface area contributed by atoms with Crippen LogP contribution in [0.15, 0.2) is 6.20 Å². The Balaban J connectivity index is 1.65. The quantitative estimate of drug-likeness (QED) is 0.791. The molecule has 0 aliphatic carbocycles. The zero-order valence-electron chi connectivity index (χ0n) is 10.9. The van der Waals surface area contributed by atoms with Gasteiger partial charge in [0.1, 0.15) is 0 Å². The summed E-state index contributed by atoms with van der Waals surface area (Å²) in [6.07, 6.45) is 6.63. The molecule has 18 heavy (non-hydrogen) atoms. The molecular weight excluding hydrogens is 230 g/mol. The number of amides is 1. The Morgan fingerprint density at radius 3 is 3.22 bits per heavy atom. The number of rotatable bonds is 5. The van der Waals surface area contributed by atoms with E-state index in [4.69, 9.17) is 0 Å². The van der Waals surface area contributed by atoms with Gasteiger partial charge in [-0.05, 0) is 26.4 Å². The van der Waals surface area contributed by atoms with Crippen LogP contribution in [-0.4, -0.2) is 52.4 Å². The summed E-state index contributed by atoms with van der Waals surface area (Å²) in [5.41, 5.74) is 0.880. The van der Waals surface area contributed by atoms with E-state index in [0.717, 1.165) is 25.1 Å². The van der Waals surface area contributed by atoms with Crippen molar-refractivity contribution in [2.45, 2.75) is 38.1 Å². The lowest BCUT2D eigenvalue weighted by molar-refractivity contribution is -0.122. The van der Waals surface area contributed by atoms with Gasteiger partial charge in [0.05, 0.1) is 11.9 Å². The molecule has 1 aliphatic rings. The molecule has 2 N–H and O–H groups in total. The highest BCUT2D eigenvalue weighted by Gasteiger charge is 2.21. The Bertz CT molecular complexity index is 365. The molecule has 2 heterocycles. The van der Waals surface area contributed by atoms with Gasteiger partial charge in [0.2, 0.25) is 5.91 Å². The second kappa shape index (κ2) is 6.49. The van der Waals surface area contributed by atoms with Crippen molar-refractivity contribution < 1.29 is 4.79 Å². The first kappa shape index (κ1) is 13.0. The summed E-state index contributed by atoms with van der Waals surface area (Å²) in [6, 6.07) is 0.408. The Hall–Kier alpha value is -1.43. The lowest BCUT2D eigenvalue weighted by atomic mass is 10.00. The number of likely N-dealkylation sites (tertiary alicyclic amines) is 1. The van der Waals surface area contributed by atoms with Crippen LogP contribution in [0.3, 0.4) is 0 Å². The number of nitrogens with zero attached hydrogens (tertiary/aromatic N) is 3. The van der Waals surface area contributed by atoms with Crippen LogP contribution in [0.1, 0.15) is 31.4 Å². The van der Waals surface area contributed by atoms with Crippen molar-refractivity contribution in [3.8, 4) is 0 Å².